The zero-order valence-electron chi connectivity index (χ0n) is 14.5. The number of hydrogen-bond donors (Lipinski definition) is 1. The van der Waals surface area contributed by atoms with Gasteiger partial charge in [0.15, 0.2) is 5.78 Å². The average molecular weight is 370 g/mol. The second kappa shape index (κ2) is 7.90. The summed E-state index contributed by atoms with van der Waals surface area (Å²) in [5.74, 6) is -1.79. The molecule has 0 bridgehead atoms. The zero-order chi connectivity index (χ0) is 19.4. The molecule has 1 aliphatic heterocycles. The number of ketones is 1. The molecule has 0 saturated heterocycles. The number of rotatable bonds is 6. The van der Waals surface area contributed by atoms with Crippen molar-refractivity contribution in [1.82, 2.24) is 5.32 Å². The Balaban J connectivity index is 1.72. The lowest BCUT2D eigenvalue weighted by Crippen LogP contribution is -2.31. The Morgan fingerprint density at radius 1 is 1.15 bits per heavy atom. The number of halogens is 2. The lowest BCUT2D eigenvalue weighted by atomic mass is 10.0. The van der Waals surface area contributed by atoms with Crippen LogP contribution in [0, 0.1) is 11.6 Å². The van der Waals surface area contributed by atoms with Crippen LogP contribution in [-0.4, -0.2) is 31.1 Å². The summed E-state index contributed by atoms with van der Waals surface area (Å²) >= 11 is 0. The van der Waals surface area contributed by atoms with Crippen LogP contribution in [-0.2, 0) is 11.2 Å². The Bertz CT molecular complexity index is 950. The van der Waals surface area contributed by atoms with Gasteiger partial charge in [-0.15, -0.1) is 0 Å². The monoisotopic (exact) mass is 370 g/mol. The zero-order valence-corrected chi connectivity index (χ0v) is 14.5. The van der Waals surface area contributed by atoms with Gasteiger partial charge in [0.05, 0.1) is 24.9 Å². The number of methoxy groups -OCH3 is 1. The van der Waals surface area contributed by atoms with Crippen LogP contribution in [0.3, 0.4) is 0 Å². The summed E-state index contributed by atoms with van der Waals surface area (Å²) in [7, 11) is 1.41. The molecule has 0 radical (unpaired) electrons. The second-order valence-corrected chi connectivity index (χ2v) is 5.83. The fourth-order valence-corrected chi connectivity index (χ4v) is 2.63. The van der Waals surface area contributed by atoms with Gasteiger partial charge in [0, 0.05) is 6.42 Å². The normalized spacial score (nSPS) is 13.0. The van der Waals surface area contributed by atoms with E-state index in [0.717, 1.165) is 6.07 Å². The van der Waals surface area contributed by atoms with E-state index < -0.39 is 17.5 Å². The number of aliphatic imine (C=N–C) groups is 1. The van der Waals surface area contributed by atoms with Crippen LogP contribution in [0.5, 0.6) is 5.75 Å². The minimum absolute atomic E-state index is 0.0137. The highest BCUT2D eigenvalue weighted by Crippen LogP contribution is 2.17. The topological polar surface area (TPSA) is 67.8 Å². The minimum Gasteiger partial charge on any atom is -0.497 e. The number of hydrogen-bond acceptors (Lipinski definition) is 4. The second-order valence-electron chi connectivity index (χ2n) is 5.83. The first-order valence-electron chi connectivity index (χ1n) is 8.15. The summed E-state index contributed by atoms with van der Waals surface area (Å²) < 4.78 is 31.9. The summed E-state index contributed by atoms with van der Waals surface area (Å²) in [4.78, 5) is 29.0. The predicted octanol–water partition coefficient (Wildman–Crippen LogP) is 2.85. The van der Waals surface area contributed by atoms with E-state index in [0.29, 0.717) is 11.3 Å². The van der Waals surface area contributed by atoms with Crippen LogP contribution in [0.15, 0.2) is 59.2 Å². The fourth-order valence-electron chi connectivity index (χ4n) is 2.63. The third-order valence-corrected chi connectivity index (χ3v) is 4.01. The van der Waals surface area contributed by atoms with Crippen molar-refractivity contribution in [2.75, 3.05) is 13.7 Å². The van der Waals surface area contributed by atoms with Gasteiger partial charge in [0.2, 0.25) is 0 Å². The summed E-state index contributed by atoms with van der Waals surface area (Å²) in [6.07, 6.45) is 1.59. The Morgan fingerprint density at radius 2 is 1.89 bits per heavy atom. The Labute approximate surface area is 154 Å². The van der Waals surface area contributed by atoms with Gasteiger partial charge in [-0.25, -0.2) is 8.78 Å². The van der Waals surface area contributed by atoms with E-state index in [1.54, 1.807) is 6.08 Å². The summed E-state index contributed by atoms with van der Waals surface area (Å²) in [6.45, 7) is 0.237. The summed E-state index contributed by atoms with van der Waals surface area (Å²) in [5.41, 5.74) is 0.762. The molecular formula is C20H16F2N2O3. The number of nitrogens with one attached hydrogen (secondary N) is 1. The van der Waals surface area contributed by atoms with Gasteiger partial charge in [-0.2, -0.15) is 0 Å². The van der Waals surface area contributed by atoms with Crippen molar-refractivity contribution >= 4 is 17.4 Å². The maximum absolute atomic E-state index is 13.9. The molecule has 1 N–H and O–H groups in total. The van der Waals surface area contributed by atoms with Gasteiger partial charge in [0.25, 0.3) is 5.91 Å². The summed E-state index contributed by atoms with van der Waals surface area (Å²) in [5, 5.41) is 2.53. The largest absolute Gasteiger partial charge is 0.497 e. The van der Waals surface area contributed by atoms with Crippen LogP contribution in [0.25, 0.3) is 0 Å². The van der Waals surface area contributed by atoms with Crippen molar-refractivity contribution in [3.63, 3.8) is 0 Å². The predicted molar refractivity (Wildman–Crippen MR) is 95.9 cm³/mol. The first-order chi connectivity index (χ1) is 13.0. The molecule has 1 aliphatic rings. The molecule has 27 heavy (non-hydrogen) atoms. The maximum atomic E-state index is 13.9. The van der Waals surface area contributed by atoms with Crippen LogP contribution in [0.1, 0.15) is 15.9 Å². The first kappa shape index (κ1) is 18.4. The number of nitrogens with zero attached hydrogens (tertiary/aromatic N) is 1. The molecule has 1 heterocycles. The van der Waals surface area contributed by atoms with Crippen molar-refractivity contribution in [2.24, 2.45) is 4.99 Å². The highest BCUT2D eigenvalue weighted by Gasteiger charge is 2.23. The Hall–Kier alpha value is -3.35. The molecule has 0 atom stereocenters. The van der Waals surface area contributed by atoms with Gasteiger partial charge in [-0.1, -0.05) is 12.1 Å². The van der Waals surface area contributed by atoms with Gasteiger partial charge >= 0.3 is 0 Å². The lowest BCUT2D eigenvalue weighted by Gasteiger charge is -2.10. The summed E-state index contributed by atoms with van der Waals surface area (Å²) in [6, 6.07) is 9.36. The highest BCUT2D eigenvalue weighted by atomic mass is 19.1. The van der Waals surface area contributed by atoms with Crippen molar-refractivity contribution in [1.29, 1.82) is 0 Å². The number of benzene rings is 2. The molecule has 0 unspecified atom stereocenters. The Morgan fingerprint density at radius 3 is 2.59 bits per heavy atom. The molecule has 3 rings (SSSR count). The number of carbonyl (C=O) groups excluding carboxylic acids is 2. The van der Waals surface area contributed by atoms with Crippen molar-refractivity contribution in [3.05, 3.63) is 77.0 Å². The molecule has 2 aromatic carbocycles. The molecule has 138 valence electrons. The molecule has 0 spiro atoms. The average Bonchev–Trinajstić information content (AvgIpc) is 3.12. The first-order valence-corrected chi connectivity index (χ1v) is 8.15. The number of ether oxygens (including phenoxy) is 1. The van der Waals surface area contributed by atoms with Crippen LogP contribution in [0.4, 0.5) is 8.78 Å². The molecular weight excluding hydrogens is 354 g/mol. The number of amides is 1. The van der Waals surface area contributed by atoms with E-state index in [4.69, 9.17) is 4.74 Å². The van der Waals surface area contributed by atoms with E-state index in [1.165, 1.54) is 43.5 Å². The molecule has 0 aliphatic carbocycles. The van der Waals surface area contributed by atoms with E-state index in [9.17, 15) is 18.4 Å². The van der Waals surface area contributed by atoms with E-state index in [1.807, 2.05) is 0 Å². The maximum Gasteiger partial charge on any atom is 0.258 e. The highest BCUT2D eigenvalue weighted by molar-refractivity contribution is 6.47. The Kier molecular flexibility index (Phi) is 5.40. The van der Waals surface area contributed by atoms with E-state index >= 15 is 0 Å². The fraction of sp³-hybridized carbons (Fsp3) is 0.150. The molecule has 7 heteroatoms. The van der Waals surface area contributed by atoms with Crippen molar-refractivity contribution in [2.45, 2.75) is 6.42 Å². The third-order valence-electron chi connectivity index (χ3n) is 4.01. The number of Topliss-reactive ketones (excluding diaryl/α,β-unsaturated/α-hetero) is 1. The van der Waals surface area contributed by atoms with Gasteiger partial charge in [0.1, 0.15) is 23.1 Å². The quantitative estimate of drug-likeness (QED) is 0.850. The SMILES string of the molecule is COc1ccc(F)c(C(=O)NC2=CCN=C2C(=O)Cc2ccc(F)cc2)c1. The molecule has 5 nitrogen and oxygen atoms in total. The molecule has 1 amide bonds. The molecule has 2 aromatic rings. The molecule has 0 saturated carbocycles. The lowest BCUT2D eigenvalue weighted by molar-refractivity contribution is -0.112. The number of carbonyl (C=O) groups is 2. The van der Waals surface area contributed by atoms with Gasteiger partial charge < -0.3 is 10.1 Å². The minimum atomic E-state index is -0.707. The van der Waals surface area contributed by atoms with E-state index in [2.05, 4.69) is 10.3 Å². The molecule has 0 fully saturated rings. The van der Waals surface area contributed by atoms with Crippen LogP contribution < -0.4 is 10.1 Å². The third kappa shape index (κ3) is 4.25. The number of allylic oxidation sites excluding steroid dienone is 1. The standard InChI is InChI=1S/C20H16F2N2O3/c1-27-14-6-7-16(22)15(11-14)20(26)24-17-8-9-23-19(17)18(25)10-12-2-4-13(21)5-3-12/h2-8,11H,9-10H2,1H3,(H,24,26). The van der Waals surface area contributed by atoms with Crippen LogP contribution >= 0.6 is 0 Å². The van der Waals surface area contributed by atoms with Gasteiger partial charge in [-0.3, -0.25) is 14.6 Å². The van der Waals surface area contributed by atoms with Crippen LogP contribution in [0.2, 0.25) is 0 Å². The van der Waals surface area contributed by atoms with Gasteiger partial charge in [-0.05, 0) is 42.0 Å². The molecule has 0 aromatic heterocycles. The van der Waals surface area contributed by atoms with Crippen molar-refractivity contribution in [3.8, 4) is 5.75 Å². The smallest absolute Gasteiger partial charge is 0.258 e. The van der Waals surface area contributed by atoms with E-state index in [-0.39, 0.29) is 35.7 Å². The van der Waals surface area contributed by atoms with Crippen molar-refractivity contribution < 1.29 is 23.1 Å².